The molecule has 0 spiro atoms. The molecule has 2 atom stereocenters. The molecule has 0 fully saturated rings. The van der Waals surface area contributed by atoms with Crippen LogP contribution in [0.2, 0.25) is 0 Å². The zero-order chi connectivity index (χ0) is 21.1. The van der Waals surface area contributed by atoms with Crippen molar-refractivity contribution >= 4 is 29.1 Å². The number of nitrogens with two attached hydrogens (primary N) is 1. The minimum Gasteiger partial charge on any atom is -0.477 e. The van der Waals surface area contributed by atoms with Crippen LogP contribution in [0, 0.1) is 0 Å². The van der Waals surface area contributed by atoms with Gasteiger partial charge in [-0.2, -0.15) is 0 Å². The number of carbonyl (C=O) groups excluding carboxylic acids is 2. The Morgan fingerprint density at radius 2 is 1.86 bits per heavy atom. The number of hydrogen-bond donors (Lipinski definition) is 2. The van der Waals surface area contributed by atoms with E-state index in [-0.39, 0.29) is 23.5 Å². The molecular formula is C22H28N4O3. The van der Waals surface area contributed by atoms with Crippen molar-refractivity contribution in [2.75, 3.05) is 16.0 Å². The van der Waals surface area contributed by atoms with E-state index in [4.69, 9.17) is 10.5 Å². The molecule has 7 nitrogen and oxygen atoms in total. The second kappa shape index (κ2) is 8.51. The van der Waals surface area contributed by atoms with Crippen LogP contribution < -0.4 is 20.7 Å². The fourth-order valence-corrected chi connectivity index (χ4v) is 3.56. The largest absolute Gasteiger partial charge is 0.477 e. The predicted molar refractivity (Wildman–Crippen MR) is 114 cm³/mol. The van der Waals surface area contributed by atoms with Gasteiger partial charge in [0.1, 0.15) is 11.9 Å². The van der Waals surface area contributed by atoms with Crippen LogP contribution >= 0.6 is 0 Å². The Kier molecular flexibility index (Phi) is 6.06. The summed E-state index contributed by atoms with van der Waals surface area (Å²) in [6.07, 6.45) is 1.43. The molecule has 154 valence electrons. The van der Waals surface area contributed by atoms with Gasteiger partial charge in [-0.3, -0.25) is 14.5 Å². The Balaban J connectivity index is 1.95. The average Bonchev–Trinajstić information content (AvgIpc) is 2.73. The number of rotatable bonds is 6. The number of nitrogen functional groups attached to an aromatic ring is 1. The summed E-state index contributed by atoms with van der Waals surface area (Å²) in [6, 6.07) is 8.54. The van der Waals surface area contributed by atoms with Gasteiger partial charge in [-0.1, -0.05) is 39.0 Å². The first-order valence-corrected chi connectivity index (χ1v) is 10.1. The van der Waals surface area contributed by atoms with Crippen molar-refractivity contribution in [2.45, 2.75) is 59.1 Å². The van der Waals surface area contributed by atoms with Gasteiger partial charge in [-0.05, 0) is 49.4 Å². The molecular weight excluding hydrogens is 368 g/mol. The zero-order valence-electron chi connectivity index (χ0n) is 17.4. The lowest BCUT2D eigenvalue weighted by Gasteiger charge is -2.36. The Bertz CT molecular complexity index is 906. The molecule has 29 heavy (non-hydrogen) atoms. The molecule has 0 bridgehead atoms. The van der Waals surface area contributed by atoms with Crippen LogP contribution in [0.5, 0.6) is 5.75 Å². The highest BCUT2D eigenvalue weighted by Crippen LogP contribution is 2.35. The fraction of sp³-hybridized carbons (Fsp3) is 0.409. The first-order chi connectivity index (χ1) is 13.9. The molecule has 2 heterocycles. The van der Waals surface area contributed by atoms with E-state index in [0.29, 0.717) is 12.2 Å². The van der Waals surface area contributed by atoms with Crippen LogP contribution in [0.4, 0.5) is 17.3 Å². The molecule has 0 saturated carbocycles. The van der Waals surface area contributed by atoms with Crippen LogP contribution in [0.3, 0.4) is 0 Å². The number of nitrogens with zero attached hydrogens (tertiary/aromatic N) is 2. The summed E-state index contributed by atoms with van der Waals surface area (Å²) < 4.78 is 5.76. The Hall–Kier alpha value is -3.09. The molecule has 3 N–H and O–H groups in total. The van der Waals surface area contributed by atoms with Crippen LogP contribution in [0.25, 0.3) is 0 Å². The third kappa shape index (κ3) is 3.90. The number of carbonyl (C=O) groups is 2. The van der Waals surface area contributed by atoms with Crippen LogP contribution in [-0.2, 0) is 22.4 Å². The molecule has 1 aromatic carbocycles. The lowest BCUT2D eigenvalue weighted by Crippen LogP contribution is -2.53. The number of amides is 2. The van der Waals surface area contributed by atoms with E-state index in [1.807, 2.05) is 39.0 Å². The average molecular weight is 396 g/mol. The minimum atomic E-state index is -0.775. The summed E-state index contributed by atoms with van der Waals surface area (Å²) in [5, 5.41) is 3.04. The molecule has 1 aliphatic heterocycles. The fourth-order valence-electron chi connectivity index (χ4n) is 3.56. The molecule has 2 unspecified atom stereocenters. The van der Waals surface area contributed by atoms with Crippen LogP contribution in [0.1, 0.15) is 45.2 Å². The predicted octanol–water partition coefficient (Wildman–Crippen LogP) is 3.32. The highest BCUT2D eigenvalue weighted by molar-refractivity contribution is 6.07. The van der Waals surface area contributed by atoms with Crippen molar-refractivity contribution in [3.8, 4) is 5.75 Å². The van der Waals surface area contributed by atoms with E-state index in [0.717, 1.165) is 29.7 Å². The van der Waals surface area contributed by atoms with E-state index in [1.165, 1.54) is 4.90 Å². The maximum absolute atomic E-state index is 13.2. The van der Waals surface area contributed by atoms with Crippen LogP contribution in [0.15, 0.2) is 30.3 Å². The Morgan fingerprint density at radius 3 is 2.45 bits per heavy atom. The monoisotopic (exact) mass is 396 g/mol. The van der Waals surface area contributed by atoms with Gasteiger partial charge < -0.3 is 15.8 Å². The number of ether oxygens (including phenoxy) is 1. The van der Waals surface area contributed by atoms with Crippen molar-refractivity contribution in [3.63, 3.8) is 0 Å². The quantitative estimate of drug-likeness (QED) is 0.781. The van der Waals surface area contributed by atoms with Crippen molar-refractivity contribution in [1.82, 2.24) is 4.98 Å². The molecule has 2 amide bonds. The van der Waals surface area contributed by atoms with Gasteiger partial charge in [0.15, 0.2) is 17.7 Å². The maximum atomic E-state index is 13.2. The number of fused-ring (bicyclic) bond motifs is 1. The molecule has 0 radical (unpaired) electrons. The van der Waals surface area contributed by atoms with Gasteiger partial charge in [-0.25, -0.2) is 4.98 Å². The molecule has 0 saturated heterocycles. The summed E-state index contributed by atoms with van der Waals surface area (Å²) in [6.45, 7) is 7.66. The van der Waals surface area contributed by atoms with Gasteiger partial charge in [0, 0.05) is 5.69 Å². The molecule has 1 aromatic heterocycles. The van der Waals surface area contributed by atoms with E-state index >= 15 is 0 Å². The number of aromatic nitrogens is 1. The Morgan fingerprint density at radius 1 is 1.21 bits per heavy atom. The molecule has 7 heteroatoms. The second-order valence-electron chi connectivity index (χ2n) is 7.10. The number of para-hydroxylation sites is 1. The van der Waals surface area contributed by atoms with Crippen molar-refractivity contribution < 1.29 is 14.3 Å². The summed E-state index contributed by atoms with van der Waals surface area (Å²) >= 11 is 0. The number of anilines is 3. The highest BCUT2D eigenvalue weighted by Gasteiger charge is 2.39. The summed E-state index contributed by atoms with van der Waals surface area (Å²) in [7, 11) is 0. The van der Waals surface area contributed by atoms with E-state index in [1.54, 1.807) is 19.1 Å². The zero-order valence-corrected chi connectivity index (χ0v) is 17.4. The number of benzene rings is 1. The minimum absolute atomic E-state index is 0.261. The van der Waals surface area contributed by atoms with Gasteiger partial charge in [0.05, 0.1) is 0 Å². The lowest BCUT2D eigenvalue weighted by molar-refractivity contribution is -0.129. The number of pyridine rings is 1. The molecule has 3 rings (SSSR count). The Labute approximate surface area is 171 Å². The third-order valence-corrected chi connectivity index (χ3v) is 5.26. The van der Waals surface area contributed by atoms with E-state index in [9.17, 15) is 9.59 Å². The second-order valence-corrected chi connectivity index (χ2v) is 7.10. The third-order valence-electron chi connectivity index (χ3n) is 5.26. The van der Waals surface area contributed by atoms with Crippen molar-refractivity contribution in [2.24, 2.45) is 0 Å². The topological polar surface area (TPSA) is 97.5 Å². The number of nitrogens with one attached hydrogen (secondary N) is 1. The SMILES string of the molecule is CCc1cccc(CC)c1NC(=O)C(C)N1C(=O)C(CC)Oc2ccc(N)nc21. The maximum Gasteiger partial charge on any atom is 0.270 e. The van der Waals surface area contributed by atoms with Gasteiger partial charge >= 0.3 is 0 Å². The van der Waals surface area contributed by atoms with E-state index in [2.05, 4.69) is 10.3 Å². The first-order valence-electron chi connectivity index (χ1n) is 10.1. The molecule has 1 aliphatic rings. The summed E-state index contributed by atoms with van der Waals surface area (Å²) in [4.78, 5) is 31.9. The van der Waals surface area contributed by atoms with E-state index < -0.39 is 12.1 Å². The van der Waals surface area contributed by atoms with Gasteiger partial charge in [-0.15, -0.1) is 0 Å². The van der Waals surface area contributed by atoms with Gasteiger partial charge in [0.25, 0.3) is 5.91 Å². The smallest absolute Gasteiger partial charge is 0.270 e. The number of hydrogen-bond acceptors (Lipinski definition) is 5. The molecule has 2 aromatic rings. The van der Waals surface area contributed by atoms with Crippen molar-refractivity contribution in [3.05, 3.63) is 41.5 Å². The normalized spacial score (nSPS) is 16.8. The first kappa shape index (κ1) is 20.6. The highest BCUT2D eigenvalue weighted by atomic mass is 16.5. The lowest BCUT2D eigenvalue weighted by atomic mass is 10.0. The van der Waals surface area contributed by atoms with Crippen molar-refractivity contribution in [1.29, 1.82) is 0 Å². The van der Waals surface area contributed by atoms with Gasteiger partial charge in [0.2, 0.25) is 5.91 Å². The molecule has 0 aliphatic carbocycles. The summed E-state index contributed by atoms with van der Waals surface area (Å²) in [5.74, 6) is 0.425. The standard InChI is InChI=1S/C22H28N4O3/c1-5-14-9-8-10-15(6-2)19(14)25-21(27)13(4)26-20-17(11-12-18(23)24-20)29-16(7-3)22(26)28/h8-13,16H,5-7H2,1-4H3,(H2,23,24)(H,25,27). The summed E-state index contributed by atoms with van der Waals surface area (Å²) in [5.41, 5.74) is 8.77. The van der Waals surface area contributed by atoms with Crippen LogP contribution in [-0.4, -0.2) is 28.9 Å². The number of aryl methyl sites for hydroxylation is 2.